The van der Waals surface area contributed by atoms with Gasteiger partial charge in [0.05, 0.1) is 0 Å². The van der Waals surface area contributed by atoms with E-state index in [1.54, 1.807) is 0 Å². The first-order chi connectivity index (χ1) is 11.0. The van der Waals surface area contributed by atoms with Crippen LogP contribution in [0, 0.1) is 0 Å². The summed E-state index contributed by atoms with van der Waals surface area (Å²) in [7, 11) is 0. The van der Waals surface area contributed by atoms with Gasteiger partial charge in [0.1, 0.15) is 12.4 Å². The van der Waals surface area contributed by atoms with Crippen molar-refractivity contribution >= 4 is 0 Å². The van der Waals surface area contributed by atoms with E-state index in [9.17, 15) is 0 Å². The largest absolute Gasteiger partial charge is 0.462 e. The van der Waals surface area contributed by atoms with E-state index in [1.807, 2.05) is 26.0 Å². The summed E-state index contributed by atoms with van der Waals surface area (Å²) in [5.74, 6) is 0.830. The van der Waals surface area contributed by atoms with Gasteiger partial charge in [-0.2, -0.15) is 0 Å². The van der Waals surface area contributed by atoms with Crippen molar-refractivity contribution in [1.82, 2.24) is 0 Å². The van der Waals surface area contributed by atoms with Crippen LogP contribution in [-0.2, 0) is 14.9 Å². The van der Waals surface area contributed by atoms with E-state index in [4.69, 9.17) is 14.2 Å². The summed E-state index contributed by atoms with van der Waals surface area (Å²) in [6.45, 7) is 12.5. The number of unbranched alkanes of at least 4 members (excludes halogenated alkanes) is 2. The smallest absolute Gasteiger partial charge is 0.223 e. The normalized spacial score (nSPS) is 13.1. The van der Waals surface area contributed by atoms with Gasteiger partial charge in [-0.1, -0.05) is 52.2 Å². The van der Waals surface area contributed by atoms with E-state index in [2.05, 4.69) is 32.9 Å². The predicted octanol–water partition coefficient (Wildman–Crippen LogP) is 5.32. The van der Waals surface area contributed by atoms with Gasteiger partial charge in [0.15, 0.2) is 0 Å². The van der Waals surface area contributed by atoms with Crippen LogP contribution in [0.2, 0.25) is 0 Å². The van der Waals surface area contributed by atoms with Crippen molar-refractivity contribution in [2.24, 2.45) is 0 Å². The van der Waals surface area contributed by atoms with E-state index in [0.29, 0.717) is 19.8 Å². The third-order valence-corrected chi connectivity index (χ3v) is 4.12. The summed E-state index contributed by atoms with van der Waals surface area (Å²) in [6, 6.07) is 8.42. The molecule has 0 amide bonds. The average molecular weight is 322 g/mol. The molecule has 1 aromatic rings. The number of rotatable bonds is 12. The van der Waals surface area contributed by atoms with Gasteiger partial charge in [-0.05, 0) is 43.4 Å². The van der Waals surface area contributed by atoms with Crippen LogP contribution in [0.5, 0.6) is 5.75 Å². The lowest BCUT2D eigenvalue weighted by atomic mass is 9.80. The van der Waals surface area contributed by atoms with Crippen LogP contribution < -0.4 is 4.74 Å². The van der Waals surface area contributed by atoms with Crippen molar-refractivity contribution in [1.29, 1.82) is 0 Å². The van der Waals surface area contributed by atoms with Crippen molar-refractivity contribution in [3.63, 3.8) is 0 Å². The Balaban J connectivity index is 2.63. The molecule has 0 fully saturated rings. The quantitative estimate of drug-likeness (QED) is 0.385. The standard InChI is InChI=1S/C20H34O3/c1-6-9-10-15-20(4,5)17-11-13-18(14-12-17)23-19(22-8-3)16-21-7-2/h11-14,19H,6-10,15-16H2,1-5H3. The third kappa shape index (κ3) is 7.36. The second-order valence-electron chi connectivity index (χ2n) is 6.53. The first-order valence-electron chi connectivity index (χ1n) is 9.00. The molecule has 3 heteroatoms. The van der Waals surface area contributed by atoms with Crippen molar-refractivity contribution in [3.05, 3.63) is 29.8 Å². The Labute approximate surface area is 142 Å². The topological polar surface area (TPSA) is 27.7 Å². The molecule has 0 spiro atoms. The van der Waals surface area contributed by atoms with Crippen LogP contribution in [-0.4, -0.2) is 26.1 Å². The van der Waals surface area contributed by atoms with Gasteiger partial charge in [0, 0.05) is 13.2 Å². The van der Waals surface area contributed by atoms with E-state index in [0.717, 1.165) is 5.75 Å². The van der Waals surface area contributed by atoms with Gasteiger partial charge >= 0.3 is 0 Å². The molecule has 1 aromatic carbocycles. The Morgan fingerprint density at radius 3 is 2.22 bits per heavy atom. The van der Waals surface area contributed by atoms with Gasteiger partial charge in [0.25, 0.3) is 0 Å². The molecule has 0 aliphatic heterocycles. The Kier molecular flexibility index (Phi) is 9.27. The van der Waals surface area contributed by atoms with Crippen LogP contribution in [0.3, 0.4) is 0 Å². The number of ether oxygens (including phenoxy) is 3. The summed E-state index contributed by atoms with van der Waals surface area (Å²) >= 11 is 0. The Morgan fingerprint density at radius 1 is 0.957 bits per heavy atom. The molecule has 0 aliphatic carbocycles. The molecule has 23 heavy (non-hydrogen) atoms. The third-order valence-electron chi connectivity index (χ3n) is 4.12. The molecule has 1 atom stereocenters. The zero-order valence-electron chi connectivity index (χ0n) is 15.6. The summed E-state index contributed by atoms with van der Waals surface area (Å²) in [4.78, 5) is 0. The second kappa shape index (κ2) is 10.7. The highest BCUT2D eigenvalue weighted by atomic mass is 16.7. The van der Waals surface area contributed by atoms with Gasteiger partial charge in [-0.25, -0.2) is 0 Å². The molecule has 0 saturated heterocycles. The fourth-order valence-electron chi connectivity index (χ4n) is 2.61. The molecule has 3 nitrogen and oxygen atoms in total. The Hall–Kier alpha value is -1.06. The molecule has 0 saturated carbocycles. The maximum absolute atomic E-state index is 5.88. The summed E-state index contributed by atoms with van der Waals surface area (Å²) < 4.78 is 16.8. The van der Waals surface area contributed by atoms with Crippen LogP contribution in [0.15, 0.2) is 24.3 Å². The molecule has 0 heterocycles. The Bertz CT molecular complexity index is 411. The lowest BCUT2D eigenvalue weighted by molar-refractivity contribution is -0.116. The van der Waals surface area contributed by atoms with E-state index >= 15 is 0 Å². The molecule has 0 bridgehead atoms. The highest BCUT2D eigenvalue weighted by molar-refractivity contribution is 5.31. The van der Waals surface area contributed by atoms with Crippen LogP contribution in [0.4, 0.5) is 0 Å². The maximum atomic E-state index is 5.88. The van der Waals surface area contributed by atoms with E-state index in [1.165, 1.54) is 31.2 Å². The number of hydrogen-bond acceptors (Lipinski definition) is 3. The highest BCUT2D eigenvalue weighted by Gasteiger charge is 2.20. The minimum Gasteiger partial charge on any atom is -0.462 e. The molecule has 1 rings (SSSR count). The number of hydrogen-bond donors (Lipinski definition) is 0. The van der Waals surface area contributed by atoms with Gasteiger partial charge in [-0.15, -0.1) is 0 Å². The van der Waals surface area contributed by atoms with Crippen LogP contribution in [0.25, 0.3) is 0 Å². The zero-order valence-corrected chi connectivity index (χ0v) is 15.6. The van der Waals surface area contributed by atoms with E-state index in [-0.39, 0.29) is 11.7 Å². The molecule has 1 unspecified atom stereocenters. The predicted molar refractivity (Wildman–Crippen MR) is 96.1 cm³/mol. The van der Waals surface area contributed by atoms with Gasteiger partial charge in [-0.3, -0.25) is 0 Å². The first-order valence-corrected chi connectivity index (χ1v) is 9.00. The van der Waals surface area contributed by atoms with Crippen LogP contribution in [0.1, 0.15) is 65.9 Å². The fourth-order valence-corrected chi connectivity index (χ4v) is 2.61. The molecule has 0 radical (unpaired) electrons. The SMILES string of the molecule is CCCCCC(C)(C)c1ccc(OC(COCC)OCC)cc1. The number of benzene rings is 1. The average Bonchev–Trinajstić information content (AvgIpc) is 2.53. The van der Waals surface area contributed by atoms with Crippen molar-refractivity contribution in [2.45, 2.75) is 72.0 Å². The molecule has 0 aromatic heterocycles. The molecular weight excluding hydrogens is 288 g/mol. The van der Waals surface area contributed by atoms with Crippen LogP contribution >= 0.6 is 0 Å². The minimum atomic E-state index is -0.344. The van der Waals surface area contributed by atoms with Gasteiger partial charge in [0.2, 0.25) is 6.29 Å². The molecule has 0 aliphatic rings. The van der Waals surface area contributed by atoms with Crippen molar-refractivity contribution < 1.29 is 14.2 Å². The maximum Gasteiger partial charge on any atom is 0.223 e. The second-order valence-corrected chi connectivity index (χ2v) is 6.53. The summed E-state index contributed by atoms with van der Waals surface area (Å²) in [5.41, 5.74) is 1.57. The van der Waals surface area contributed by atoms with Gasteiger partial charge < -0.3 is 14.2 Å². The first kappa shape index (κ1) is 20.0. The molecular formula is C20H34O3. The minimum absolute atomic E-state index is 0.207. The highest BCUT2D eigenvalue weighted by Crippen LogP contribution is 2.30. The lowest BCUT2D eigenvalue weighted by Crippen LogP contribution is -2.26. The fraction of sp³-hybridized carbons (Fsp3) is 0.700. The van der Waals surface area contributed by atoms with Crippen molar-refractivity contribution in [3.8, 4) is 5.75 Å². The zero-order chi connectivity index (χ0) is 17.1. The summed E-state index contributed by atoms with van der Waals surface area (Å²) in [6.07, 6.45) is 4.72. The molecule has 0 N–H and O–H groups in total. The molecule has 132 valence electrons. The van der Waals surface area contributed by atoms with E-state index < -0.39 is 0 Å². The van der Waals surface area contributed by atoms with Crippen molar-refractivity contribution in [2.75, 3.05) is 19.8 Å². The Morgan fingerprint density at radius 2 is 1.65 bits per heavy atom. The lowest BCUT2D eigenvalue weighted by Gasteiger charge is -2.26. The monoisotopic (exact) mass is 322 g/mol. The summed E-state index contributed by atoms with van der Waals surface area (Å²) in [5, 5.41) is 0.